The van der Waals surface area contributed by atoms with Crippen molar-refractivity contribution in [2.24, 2.45) is 12.0 Å². The van der Waals surface area contributed by atoms with Gasteiger partial charge < -0.3 is 4.52 Å². The molecule has 3 aromatic heterocycles. The van der Waals surface area contributed by atoms with Crippen molar-refractivity contribution in [2.75, 3.05) is 12.4 Å². The van der Waals surface area contributed by atoms with Gasteiger partial charge in [-0.2, -0.15) is 5.10 Å². The molecule has 3 aromatic rings. The number of aryl methyl sites for hydroxylation is 1. The number of amides is 1. The van der Waals surface area contributed by atoms with Crippen LogP contribution in [0.1, 0.15) is 63.3 Å². The average molecular weight is 423 g/mol. The Labute approximate surface area is 182 Å². The maximum absolute atomic E-state index is 13.1. The zero-order valence-corrected chi connectivity index (χ0v) is 19.0. The molecule has 1 N–H and O–H groups in total. The van der Waals surface area contributed by atoms with Gasteiger partial charge in [-0.1, -0.05) is 39.3 Å². The highest BCUT2D eigenvalue weighted by Crippen LogP contribution is 2.29. The molecule has 0 bridgehead atoms. The van der Waals surface area contributed by atoms with Crippen LogP contribution in [0.15, 0.2) is 40.2 Å². The normalized spacial score (nSPS) is 13.0. The lowest BCUT2D eigenvalue weighted by Crippen LogP contribution is -2.21. The Kier molecular flexibility index (Phi) is 6.68. The van der Waals surface area contributed by atoms with Crippen LogP contribution >= 0.6 is 0 Å². The summed E-state index contributed by atoms with van der Waals surface area (Å²) in [7, 11) is 3.58. The number of aliphatic imine (C=N–C) groups is 1. The highest BCUT2D eigenvalue weighted by atomic mass is 16.5. The van der Waals surface area contributed by atoms with Crippen molar-refractivity contribution in [3.63, 3.8) is 0 Å². The second-order valence-electron chi connectivity index (χ2n) is 8.65. The van der Waals surface area contributed by atoms with Crippen LogP contribution in [0.4, 0.5) is 5.88 Å². The van der Waals surface area contributed by atoms with Crippen LogP contribution in [-0.4, -0.2) is 39.1 Å². The topological polar surface area (TPSA) is 98.2 Å². The monoisotopic (exact) mass is 422 g/mol. The van der Waals surface area contributed by atoms with Gasteiger partial charge in [-0.15, -0.1) is 0 Å². The molecule has 0 aliphatic carbocycles. The number of carbonyl (C=O) groups excluding carboxylic acids is 1. The molecule has 3 rings (SSSR count). The summed E-state index contributed by atoms with van der Waals surface area (Å²) in [6, 6.07) is 3.75. The number of nitrogens with one attached hydrogen (secondary N) is 1. The van der Waals surface area contributed by atoms with Gasteiger partial charge in [0.1, 0.15) is 0 Å². The predicted octanol–water partition coefficient (Wildman–Crippen LogP) is 4.34. The van der Waals surface area contributed by atoms with E-state index in [4.69, 9.17) is 4.52 Å². The predicted molar refractivity (Wildman–Crippen MR) is 121 cm³/mol. The Balaban J connectivity index is 1.90. The number of aromatic nitrogens is 4. The number of carbonyl (C=O) groups is 1. The molecule has 164 valence electrons. The Morgan fingerprint density at radius 2 is 2.10 bits per heavy atom. The summed E-state index contributed by atoms with van der Waals surface area (Å²) in [4.78, 5) is 21.9. The van der Waals surface area contributed by atoms with E-state index < -0.39 is 0 Å². The number of hydrogen-bond acceptors (Lipinski definition) is 6. The van der Waals surface area contributed by atoms with Gasteiger partial charge in [0, 0.05) is 55.3 Å². The van der Waals surface area contributed by atoms with Crippen molar-refractivity contribution in [3.05, 3.63) is 47.5 Å². The molecule has 31 heavy (non-hydrogen) atoms. The van der Waals surface area contributed by atoms with E-state index in [-0.39, 0.29) is 17.2 Å². The largest absolute Gasteiger partial charge is 0.338 e. The molecular weight excluding hydrogens is 392 g/mol. The third kappa shape index (κ3) is 5.25. The molecule has 0 fully saturated rings. The van der Waals surface area contributed by atoms with Crippen molar-refractivity contribution < 1.29 is 9.32 Å². The van der Waals surface area contributed by atoms with E-state index in [1.807, 2.05) is 40.1 Å². The summed E-state index contributed by atoms with van der Waals surface area (Å²) in [6.45, 7) is 8.19. The van der Waals surface area contributed by atoms with E-state index in [2.05, 4.69) is 32.5 Å². The van der Waals surface area contributed by atoms with E-state index in [1.165, 1.54) is 0 Å². The third-order valence-electron chi connectivity index (χ3n) is 5.01. The van der Waals surface area contributed by atoms with Crippen LogP contribution in [0.5, 0.6) is 0 Å². The maximum Gasteiger partial charge on any atom is 0.234 e. The molecule has 0 saturated heterocycles. The van der Waals surface area contributed by atoms with Gasteiger partial charge in [0.15, 0.2) is 0 Å². The molecule has 0 aliphatic heterocycles. The first-order valence-electron chi connectivity index (χ1n) is 10.4. The molecular formula is C23H30N6O2. The van der Waals surface area contributed by atoms with E-state index in [0.717, 1.165) is 34.5 Å². The Morgan fingerprint density at radius 3 is 2.68 bits per heavy atom. The molecule has 1 amide bonds. The van der Waals surface area contributed by atoms with E-state index in [9.17, 15) is 4.79 Å². The minimum atomic E-state index is -0.368. The van der Waals surface area contributed by atoms with E-state index >= 15 is 0 Å². The Morgan fingerprint density at radius 1 is 1.32 bits per heavy atom. The van der Waals surface area contributed by atoms with E-state index in [1.54, 1.807) is 36.4 Å². The molecule has 0 aliphatic rings. The summed E-state index contributed by atoms with van der Waals surface area (Å²) in [5, 5.41) is 11.2. The van der Waals surface area contributed by atoms with Gasteiger partial charge in [0.2, 0.25) is 11.8 Å². The highest BCUT2D eigenvalue weighted by molar-refractivity contribution is 5.95. The van der Waals surface area contributed by atoms with Crippen LogP contribution in [0, 0.1) is 0 Å². The second-order valence-corrected chi connectivity index (χ2v) is 8.65. The molecule has 0 radical (unpaired) electrons. The van der Waals surface area contributed by atoms with Gasteiger partial charge >= 0.3 is 0 Å². The van der Waals surface area contributed by atoms with Crippen LogP contribution in [-0.2, 0) is 17.3 Å². The van der Waals surface area contributed by atoms with Crippen LogP contribution < -0.4 is 5.32 Å². The van der Waals surface area contributed by atoms with Crippen LogP contribution in [0.2, 0.25) is 0 Å². The zero-order chi connectivity index (χ0) is 22.6. The van der Waals surface area contributed by atoms with Gasteiger partial charge in [-0.3, -0.25) is 24.8 Å². The molecule has 0 saturated carbocycles. The fourth-order valence-electron chi connectivity index (χ4n) is 3.35. The smallest absolute Gasteiger partial charge is 0.234 e. The Bertz CT molecular complexity index is 1070. The fraction of sp³-hybridized carbons (Fsp3) is 0.435. The van der Waals surface area contributed by atoms with Gasteiger partial charge in [-0.25, -0.2) is 0 Å². The number of anilines is 1. The molecule has 8 heteroatoms. The summed E-state index contributed by atoms with van der Waals surface area (Å²) in [5.41, 5.74) is 3.99. The quantitative estimate of drug-likeness (QED) is 0.571. The fourth-order valence-corrected chi connectivity index (χ4v) is 3.35. The number of nitrogens with zero attached hydrogens (tertiary/aromatic N) is 5. The zero-order valence-electron chi connectivity index (χ0n) is 19.0. The van der Waals surface area contributed by atoms with Crippen molar-refractivity contribution in [3.8, 4) is 11.3 Å². The number of rotatable bonds is 7. The van der Waals surface area contributed by atoms with Crippen molar-refractivity contribution in [2.45, 2.75) is 51.9 Å². The molecule has 1 unspecified atom stereocenters. The third-order valence-corrected chi connectivity index (χ3v) is 5.01. The molecule has 1 atom stereocenters. The van der Waals surface area contributed by atoms with Gasteiger partial charge in [0.05, 0.1) is 23.5 Å². The summed E-state index contributed by atoms with van der Waals surface area (Å²) in [6.07, 6.45) is 8.72. The standard InChI is InChI=1S/C23H30N6O2/c1-7-8-18(22(30)27-20-10-19(28-31-20)23(2,3)4)15-9-16(11-24-5)21(25-12-15)17-13-26-29(6)14-17/h9-14,18H,7-8H2,1-6H3,(H,27,30). The molecule has 0 spiro atoms. The van der Waals surface area contributed by atoms with Crippen LogP contribution in [0.25, 0.3) is 11.3 Å². The van der Waals surface area contributed by atoms with Gasteiger partial charge in [0.25, 0.3) is 0 Å². The van der Waals surface area contributed by atoms with Crippen molar-refractivity contribution >= 4 is 18.0 Å². The summed E-state index contributed by atoms with van der Waals surface area (Å²) < 4.78 is 7.07. The minimum Gasteiger partial charge on any atom is -0.338 e. The maximum atomic E-state index is 13.1. The van der Waals surface area contributed by atoms with Crippen LogP contribution in [0.3, 0.4) is 0 Å². The van der Waals surface area contributed by atoms with Gasteiger partial charge in [-0.05, 0) is 18.1 Å². The lowest BCUT2D eigenvalue weighted by Gasteiger charge is -2.16. The van der Waals surface area contributed by atoms with E-state index in [0.29, 0.717) is 12.3 Å². The first kappa shape index (κ1) is 22.4. The highest BCUT2D eigenvalue weighted by Gasteiger charge is 2.25. The number of hydrogen-bond donors (Lipinski definition) is 1. The first-order chi connectivity index (χ1) is 14.7. The second kappa shape index (κ2) is 9.24. The van der Waals surface area contributed by atoms with Crippen molar-refractivity contribution in [1.29, 1.82) is 0 Å². The Hall–Kier alpha value is -3.29. The first-order valence-corrected chi connectivity index (χ1v) is 10.4. The summed E-state index contributed by atoms with van der Waals surface area (Å²) >= 11 is 0. The lowest BCUT2D eigenvalue weighted by molar-refractivity contribution is -0.117. The SMILES string of the molecule is CCCC(C(=O)Nc1cc(C(C)(C)C)no1)c1cnc(-c2cnn(C)c2)c(C=NC)c1. The minimum absolute atomic E-state index is 0.145. The molecule has 0 aromatic carbocycles. The average Bonchev–Trinajstić information content (AvgIpc) is 3.35. The van der Waals surface area contributed by atoms with Crippen molar-refractivity contribution in [1.82, 2.24) is 19.9 Å². The molecule has 8 nitrogen and oxygen atoms in total. The lowest BCUT2D eigenvalue weighted by atomic mass is 9.92. The molecule has 3 heterocycles. The number of pyridine rings is 1. The summed E-state index contributed by atoms with van der Waals surface area (Å²) in [5.74, 6) is -0.160.